The Morgan fingerprint density at radius 2 is 2.06 bits per heavy atom. The molecule has 0 amide bonds. The van der Waals surface area contributed by atoms with E-state index in [1.807, 2.05) is 0 Å². The molecule has 0 saturated carbocycles. The van der Waals surface area contributed by atoms with Crippen LogP contribution in [0.3, 0.4) is 0 Å². The zero-order chi connectivity index (χ0) is 13.1. The Hall–Kier alpha value is -1.92. The quantitative estimate of drug-likeness (QED) is 0.490. The number of halogens is 2. The molecular weight excluding hydrogens is 281 g/mol. The molecule has 92 valence electrons. The van der Waals surface area contributed by atoms with Crippen LogP contribution in [0.5, 0.6) is 11.6 Å². The molecule has 6 nitrogen and oxygen atoms in total. The highest BCUT2D eigenvalue weighted by Gasteiger charge is 2.16. The van der Waals surface area contributed by atoms with Crippen molar-refractivity contribution in [2.75, 3.05) is 0 Å². The van der Waals surface area contributed by atoms with Crippen LogP contribution in [0.25, 0.3) is 0 Å². The summed E-state index contributed by atoms with van der Waals surface area (Å²) in [4.78, 5) is 17.7. The van der Waals surface area contributed by atoms with E-state index in [1.54, 1.807) is 0 Å². The highest BCUT2D eigenvalue weighted by Crippen LogP contribution is 2.32. The van der Waals surface area contributed by atoms with Crippen molar-refractivity contribution in [1.29, 1.82) is 0 Å². The van der Waals surface area contributed by atoms with E-state index >= 15 is 0 Å². The molecule has 0 aliphatic heterocycles. The summed E-state index contributed by atoms with van der Waals surface area (Å²) < 4.78 is 5.27. The van der Waals surface area contributed by atoms with Crippen LogP contribution in [0.2, 0.25) is 10.3 Å². The highest BCUT2D eigenvalue weighted by atomic mass is 35.5. The minimum absolute atomic E-state index is 0.0101. The third-order valence-corrected chi connectivity index (χ3v) is 2.35. The molecule has 0 saturated heterocycles. The molecule has 0 aliphatic carbocycles. The smallest absolute Gasteiger partial charge is 0.313 e. The topological polar surface area (TPSA) is 78.2 Å². The van der Waals surface area contributed by atoms with Gasteiger partial charge in [-0.15, -0.1) is 0 Å². The maximum Gasteiger partial charge on any atom is 0.313 e. The summed E-state index contributed by atoms with van der Waals surface area (Å²) in [5.74, 6) is 0.139. The lowest BCUT2D eigenvalue weighted by Gasteiger charge is -2.05. The van der Waals surface area contributed by atoms with Crippen molar-refractivity contribution in [2.24, 2.45) is 0 Å². The van der Waals surface area contributed by atoms with Crippen molar-refractivity contribution in [2.45, 2.75) is 0 Å². The minimum atomic E-state index is -0.593. The number of nitro benzene ring substituents is 1. The number of aromatic nitrogens is 2. The molecule has 8 heteroatoms. The van der Waals surface area contributed by atoms with Crippen LogP contribution in [0.1, 0.15) is 0 Å². The van der Waals surface area contributed by atoms with Crippen molar-refractivity contribution in [3.8, 4) is 11.6 Å². The Labute approximate surface area is 111 Å². The van der Waals surface area contributed by atoms with Gasteiger partial charge in [-0.1, -0.05) is 11.6 Å². The van der Waals surface area contributed by atoms with Crippen molar-refractivity contribution >= 4 is 28.9 Å². The van der Waals surface area contributed by atoms with Gasteiger partial charge in [-0.2, -0.15) is 4.98 Å². The van der Waals surface area contributed by atoms with Gasteiger partial charge in [0, 0.05) is 23.4 Å². The van der Waals surface area contributed by atoms with E-state index in [9.17, 15) is 10.1 Å². The van der Waals surface area contributed by atoms with E-state index in [0.717, 1.165) is 0 Å². The van der Waals surface area contributed by atoms with Gasteiger partial charge in [-0.05, 0) is 23.7 Å². The van der Waals surface area contributed by atoms with Crippen molar-refractivity contribution in [1.82, 2.24) is 9.97 Å². The Kier molecular flexibility index (Phi) is 3.59. The maximum atomic E-state index is 10.8. The second-order valence-electron chi connectivity index (χ2n) is 3.14. The summed E-state index contributed by atoms with van der Waals surface area (Å²) in [6, 6.07) is 5.49. The molecule has 0 radical (unpaired) electrons. The number of nitrogens with zero attached hydrogens (tertiary/aromatic N) is 3. The summed E-state index contributed by atoms with van der Waals surface area (Å²) in [5.41, 5.74) is -0.253. The van der Waals surface area contributed by atoms with Gasteiger partial charge in [0.05, 0.1) is 4.92 Å². The predicted molar refractivity (Wildman–Crippen MR) is 65.2 cm³/mol. The molecule has 0 unspecified atom stereocenters. The van der Waals surface area contributed by atoms with E-state index in [-0.39, 0.29) is 27.6 Å². The fraction of sp³-hybridized carbons (Fsp3) is 0. The zero-order valence-electron chi connectivity index (χ0n) is 8.71. The van der Waals surface area contributed by atoms with E-state index in [0.29, 0.717) is 0 Å². The number of ether oxygens (including phenoxy) is 1. The van der Waals surface area contributed by atoms with Crippen molar-refractivity contribution < 1.29 is 9.66 Å². The third-order valence-electron chi connectivity index (χ3n) is 1.93. The Balaban J connectivity index is 2.37. The zero-order valence-corrected chi connectivity index (χ0v) is 10.2. The van der Waals surface area contributed by atoms with E-state index in [2.05, 4.69) is 9.97 Å². The van der Waals surface area contributed by atoms with Crippen LogP contribution < -0.4 is 4.74 Å². The Morgan fingerprint density at radius 1 is 1.28 bits per heavy atom. The molecule has 0 fully saturated rings. The number of benzene rings is 1. The molecule has 18 heavy (non-hydrogen) atoms. The normalized spacial score (nSPS) is 10.1. The number of rotatable bonds is 3. The second-order valence-corrected chi connectivity index (χ2v) is 3.91. The lowest BCUT2D eigenvalue weighted by molar-refractivity contribution is -0.385. The van der Waals surface area contributed by atoms with Crippen LogP contribution in [-0.2, 0) is 0 Å². The van der Waals surface area contributed by atoms with Gasteiger partial charge in [0.25, 0.3) is 0 Å². The molecule has 0 aliphatic rings. The Morgan fingerprint density at radius 3 is 2.72 bits per heavy atom. The number of hydrogen-bond donors (Lipinski definition) is 0. The lowest BCUT2D eigenvalue weighted by atomic mass is 10.3. The van der Waals surface area contributed by atoms with Gasteiger partial charge < -0.3 is 4.74 Å². The van der Waals surface area contributed by atoms with Gasteiger partial charge in [0.2, 0.25) is 16.9 Å². The lowest BCUT2D eigenvalue weighted by Crippen LogP contribution is -1.95. The molecule has 0 atom stereocenters. The molecule has 2 aromatic rings. The van der Waals surface area contributed by atoms with Crippen molar-refractivity contribution in [3.05, 3.63) is 50.9 Å². The summed E-state index contributed by atoms with van der Waals surface area (Å²) in [6.45, 7) is 0. The first kappa shape index (κ1) is 12.5. The standard InChI is InChI=1S/C10H5Cl2N3O3/c11-6-1-2-8(7(5-6)15(16)17)18-9-3-4-13-10(12)14-9/h1-5H. The minimum Gasteiger partial charge on any atom is -0.432 e. The molecule has 0 bridgehead atoms. The molecule has 1 heterocycles. The fourth-order valence-electron chi connectivity index (χ4n) is 1.21. The first-order chi connectivity index (χ1) is 8.56. The average Bonchev–Trinajstić information content (AvgIpc) is 2.31. The van der Waals surface area contributed by atoms with E-state index < -0.39 is 4.92 Å². The summed E-state index contributed by atoms with van der Waals surface area (Å²) in [7, 11) is 0. The van der Waals surface area contributed by atoms with Gasteiger partial charge >= 0.3 is 5.69 Å². The van der Waals surface area contributed by atoms with Crippen LogP contribution in [-0.4, -0.2) is 14.9 Å². The SMILES string of the molecule is O=[N+]([O-])c1cc(Cl)ccc1Oc1ccnc(Cl)n1. The molecular formula is C10H5Cl2N3O3. The molecule has 0 N–H and O–H groups in total. The van der Waals surface area contributed by atoms with E-state index in [1.165, 1.54) is 30.5 Å². The van der Waals surface area contributed by atoms with Crippen LogP contribution in [0, 0.1) is 10.1 Å². The van der Waals surface area contributed by atoms with Crippen LogP contribution >= 0.6 is 23.2 Å². The largest absolute Gasteiger partial charge is 0.432 e. The molecule has 1 aromatic carbocycles. The number of nitro groups is 1. The number of hydrogen-bond acceptors (Lipinski definition) is 5. The molecule has 1 aromatic heterocycles. The maximum absolute atomic E-state index is 10.8. The van der Waals surface area contributed by atoms with Gasteiger partial charge in [-0.25, -0.2) is 4.98 Å². The molecule has 0 spiro atoms. The van der Waals surface area contributed by atoms with Crippen LogP contribution in [0.15, 0.2) is 30.5 Å². The molecule has 2 rings (SSSR count). The average molecular weight is 286 g/mol. The predicted octanol–water partition coefficient (Wildman–Crippen LogP) is 3.48. The van der Waals surface area contributed by atoms with Gasteiger partial charge in [-0.3, -0.25) is 10.1 Å². The van der Waals surface area contributed by atoms with Crippen LogP contribution in [0.4, 0.5) is 5.69 Å². The van der Waals surface area contributed by atoms with E-state index in [4.69, 9.17) is 27.9 Å². The monoisotopic (exact) mass is 285 g/mol. The van der Waals surface area contributed by atoms with Gasteiger partial charge in [0.15, 0.2) is 0 Å². The second kappa shape index (κ2) is 5.16. The summed E-state index contributed by atoms with van der Waals surface area (Å²) >= 11 is 11.3. The fourth-order valence-corrected chi connectivity index (χ4v) is 1.51. The van der Waals surface area contributed by atoms with Gasteiger partial charge in [0.1, 0.15) is 0 Å². The van der Waals surface area contributed by atoms with Crippen molar-refractivity contribution in [3.63, 3.8) is 0 Å². The third kappa shape index (κ3) is 2.85. The first-order valence-corrected chi connectivity index (χ1v) is 5.42. The summed E-state index contributed by atoms with van der Waals surface area (Å²) in [6.07, 6.45) is 1.38. The summed E-state index contributed by atoms with van der Waals surface area (Å²) in [5, 5.41) is 11.1. The Bertz CT molecular complexity index is 607. The first-order valence-electron chi connectivity index (χ1n) is 4.66. The highest BCUT2D eigenvalue weighted by molar-refractivity contribution is 6.30.